The van der Waals surface area contributed by atoms with E-state index in [0.717, 1.165) is 0 Å². The maximum atomic E-state index is 14.3. The molecule has 1 atom stereocenters. The van der Waals surface area contributed by atoms with Crippen LogP contribution in [0.2, 0.25) is 5.02 Å². The summed E-state index contributed by atoms with van der Waals surface area (Å²) in [5.41, 5.74) is 0.584. The molecule has 3 rings (SSSR count). The lowest BCUT2D eigenvalue weighted by Crippen LogP contribution is -2.13. The minimum Gasteiger partial charge on any atom is -0.494 e. The van der Waals surface area contributed by atoms with Crippen molar-refractivity contribution >= 4 is 11.6 Å². The zero-order chi connectivity index (χ0) is 17.6. The first-order chi connectivity index (χ1) is 12.1. The molecule has 0 N–H and O–H groups in total. The van der Waals surface area contributed by atoms with Crippen LogP contribution in [0, 0.1) is 11.6 Å². The molecule has 130 valence electrons. The fourth-order valence-corrected chi connectivity index (χ4v) is 2.84. The highest BCUT2D eigenvalue weighted by Crippen LogP contribution is 2.27. The van der Waals surface area contributed by atoms with E-state index in [0.29, 0.717) is 35.9 Å². The molecule has 0 aliphatic heterocycles. The number of ether oxygens (including phenoxy) is 1. The number of benzene rings is 2. The number of hydrogen-bond donors (Lipinski definition) is 0. The maximum Gasteiger partial charge on any atom is 0.128 e. The molecular formula is C19H17ClF2N2O. The first kappa shape index (κ1) is 17.4. The molecule has 0 saturated carbocycles. The van der Waals surface area contributed by atoms with Gasteiger partial charge in [0.25, 0.3) is 0 Å². The van der Waals surface area contributed by atoms with Crippen molar-refractivity contribution in [1.82, 2.24) is 9.55 Å². The minimum absolute atomic E-state index is 0.105. The molecule has 0 fully saturated rings. The number of imidazole rings is 1. The fraction of sp³-hybridized carbons (Fsp3) is 0.211. The third kappa shape index (κ3) is 4.79. The summed E-state index contributed by atoms with van der Waals surface area (Å²) in [6.45, 7) is 0.957. The maximum absolute atomic E-state index is 14.3. The summed E-state index contributed by atoms with van der Waals surface area (Å²) in [5.74, 6) is -0.167. The molecule has 0 amide bonds. The van der Waals surface area contributed by atoms with Crippen LogP contribution < -0.4 is 4.74 Å². The molecule has 0 radical (unpaired) electrons. The average molecular weight is 363 g/mol. The Kier molecular flexibility index (Phi) is 5.66. The van der Waals surface area contributed by atoms with Gasteiger partial charge in [0.1, 0.15) is 17.4 Å². The predicted octanol–water partition coefficient (Wildman–Crippen LogP) is 5.07. The Labute approximate surface area is 149 Å². The smallest absolute Gasteiger partial charge is 0.128 e. The zero-order valence-electron chi connectivity index (χ0n) is 13.4. The Morgan fingerprint density at radius 1 is 1.12 bits per heavy atom. The average Bonchev–Trinajstić information content (AvgIpc) is 3.09. The number of halogens is 3. The highest BCUT2D eigenvalue weighted by atomic mass is 35.5. The van der Waals surface area contributed by atoms with Crippen LogP contribution in [-0.2, 0) is 6.54 Å². The van der Waals surface area contributed by atoms with E-state index in [1.54, 1.807) is 36.8 Å². The molecule has 6 heteroatoms. The molecular weight excluding hydrogens is 346 g/mol. The van der Waals surface area contributed by atoms with Gasteiger partial charge in [-0.05, 0) is 48.4 Å². The molecule has 1 unspecified atom stereocenters. The van der Waals surface area contributed by atoms with E-state index in [2.05, 4.69) is 4.98 Å². The van der Waals surface area contributed by atoms with Crippen LogP contribution in [0.15, 0.2) is 61.2 Å². The van der Waals surface area contributed by atoms with Crippen LogP contribution in [0.1, 0.15) is 17.9 Å². The summed E-state index contributed by atoms with van der Waals surface area (Å²) < 4.78 is 34.8. The van der Waals surface area contributed by atoms with Gasteiger partial charge in [0.15, 0.2) is 0 Å². The number of aromatic nitrogens is 2. The molecule has 25 heavy (non-hydrogen) atoms. The van der Waals surface area contributed by atoms with E-state index in [9.17, 15) is 8.78 Å². The Morgan fingerprint density at radius 3 is 2.60 bits per heavy atom. The Hall–Kier alpha value is -2.40. The summed E-state index contributed by atoms with van der Waals surface area (Å²) >= 11 is 5.85. The molecule has 1 heterocycles. The number of rotatable bonds is 7. The van der Waals surface area contributed by atoms with Crippen molar-refractivity contribution in [3.63, 3.8) is 0 Å². The van der Waals surface area contributed by atoms with E-state index in [-0.39, 0.29) is 17.6 Å². The van der Waals surface area contributed by atoms with Crippen LogP contribution in [0.4, 0.5) is 8.78 Å². The van der Waals surface area contributed by atoms with Crippen molar-refractivity contribution in [2.45, 2.75) is 18.9 Å². The highest BCUT2D eigenvalue weighted by Gasteiger charge is 2.17. The third-order valence-electron chi connectivity index (χ3n) is 3.94. The molecule has 3 aromatic rings. The van der Waals surface area contributed by atoms with Gasteiger partial charge >= 0.3 is 0 Å². The quantitative estimate of drug-likeness (QED) is 0.587. The second-order valence-corrected chi connectivity index (χ2v) is 6.15. The van der Waals surface area contributed by atoms with Crippen LogP contribution in [-0.4, -0.2) is 16.2 Å². The van der Waals surface area contributed by atoms with Gasteiger partial charge in [-0.25, -0.2) is 13.8 Å². The van der Waals surface area contributed by atoms with Crippen molar-refractivity contribution in [3.8, 4) is 5.75 Å². The topological polar surface area (TPSA) is 27.1 Å². The fourth-order valence-electron chi connectivity index (χ4n) is 2.68. The molecule has 1 aromatic heterocycles. The lowest BCUT2D eigenvalue weighted by Gasteiger charge is -2.19. The second-order valence-electron chi connectivity index (χ2n) is 5.71. The number of hydrogen-bond acceptors (Lipinski definition) is 2. The van der Waals surface area contributed by atoms with Gasteiger partial charge in [0.05, 0.1) is 12.9 Å². The van der Waals surface area contributed by atoms with Crippen molar-refractivity contribution in [2.75, 3.05) is 6.61 Å². The van der Waals surface area contributed by atoms with Crippen LogP contribution in [0.25, 0.3) is 0 Å². The zero-order valence-corrected chi connectivity index (χ0v) is 14.2. The molecule has 3 nitrogen and oxygen atoms in total. The molecule has 0 aliphatic rings. The normalized spacial score (nSPS) is 12.1. The van der Waals surface area contributed by atoms with E-state index >= 15 is 0 Å². The molecule has 0 aliphatic carbocycles. The summed E-state index contributed by atoms with van der Waals surface area (Å²) in [4.78, 5) is 4.02. The van der Waals surface area contributed by atoms with Gasteiger partial charge in [-0.15, -0.1) is 0 Å². The van der Waals surface area contributed by atoms with Crippen molar-refractivity contribution in [3.05, 3.63) is 83.4 Å². The Balaban J connectivity index is 1.70. The summed E-state index contributed by atoms with van der Waals surface area (Å²) in [6.07, 6.45) is 5.81. The van der Waals surface area contributed by atoms with E-state index < -0.39 is 0 Å². The van der Waals surface area contributed by atoms with E-state index in [4.69, 9.17) is 16.3 Å². The molecule has 0 saturated heterocycles. The molecule has 0 spiro atoms. The van der Waals surface area contributed by atoms with Gasteiger partial charge in [-0.2, -0.15) is 0 Å². The number of nitrogens with zero attached hydrogens (tertiary/aromatic N) is 2. The minimum atomic E-state index is -0.334. The molecule has 0 bridgehead atoms. The van der Waals surface area contributed by atoms with Gasteiger partial charge < -0.3 is 9.30 Å². The van der Waals surface area contributed by atoms with Gasteiger partial charge in [-0.3, -0.25) is 0 Å². The van der Waals surface area contributed by atoms with Crippen molar-refractivity contribution in [2.24, 2.45) is 0 Å². The first-order valence-corrected chi connectivity index (χ1v) is 8.28. The summed E-state index contributed by atoms with van der Waals surface area (Å²) in [6, 6.07) is 10.5. The standard InChI is InChI=1S/C19H17ClF2N2O/c20-15-1-6-18(19(22)11-15)14(12-24-9-8-23-13-24)7-10-25-17-4-2-16(21)3-5-17/h1-6,8-9,11,13-14H,7,10,12H2. The monoisotopic (exact) mass is 362 g/mol. The van der Waals surface area contributed by atoms with Gasteiger partial charge in [0.2, 0.25) is 0 Å². The summed E-state index contributed by atoms with van der Waals surface area (Å²) in [7, 11) is 0. The molecule has 2 aromatic carbocycles. The second kappa shape index (κ2) is 8.12. The summed E-state index contributed by atoms with van der Waals surface area (Å²) in [5, 5.41) is 0.366. The highest BCUT2D eigenvalue weighted by molar-refractivity contribution is 6.30. The lowest BCUT2D eigenvalue weighted by atomic mass is 9.95. The van der Waals surface area contributed by atoms with E-state index in [1.165, 1.54) is 18.2 Å². The largest absolute Gasteiger partial charge is 0.494 e. The lowest BCUT2D eigenvalue weighted by molar-refractivity contribution is 0.289. The van der Waals surface area contributed by atoms with Crippen LogP contribution in [0.3, 0.4) is 0 Å². The third-order valence-corrected chi connectivity index (χ3v) is 4.18. The van der Waals surface area contributed by atoms with Crippen LogP contribution in [0.5, 0.6) is 5.75 Å². The van der Waals surface area contributed by atoms with E-state index in [1.807, 2.05) is 10.8 Å². The SMILES string of the molecule is Fc1ccc(OCCC(Cn2ccnc2)c2ccc(Cl)cc2F)cc1. The predicted molar refractivity (Wildman–Crippen MR) is 92.9 cm³/mol. The van der Waals surface area contributed by atoms with Crippen molar-refractivity contribution in [1.29, 1.82) is 0 Å². The van der Waals surface area contributed by atoms with Gasteiger partial charge in [-0.1, -0.05) is 17.7 Å². The first-order valence-electron chi connectivity index (χ1n) is 7.91. The van der Waals surface area contributed by atoms with Gasteiger partial charge in [0, 0.05) is 29.9 Å². The van der Waals surface area contributed by atoms with Crippen molar-refractivity contribution < 1.29 is 13.5 Å². The van der Waals surface area contributed by atoms with Crippen LogP contribution >= 0.6 is 11.6 Å². The Morgan fingerprint density at radius 2 is 1.92 bits per heavy atom. The Bertz CT molecular complexity index is 807.